The maximum absolute atomic E-state index is 12.4. The van der Waals surface area contributed by atoms with Gasteiger partial charge in [-0.2, -0.15) is 0 Å². The predicted molar refractivity (Wildman–Crippen MR) is 126 cm³/mol. The highest BCUT2D eigenvalue weighted by molar-refractivity contribution is 7.99. The monoisotopic (exact) mass is 450 g/mol. The first-order valence-electron chi connectivity index (χ1n) is 9.18. The summed E-state index contributed by atoms with van der Waals surface area (Å²) in [5, 5.41) is 5.02. The van der Waals surface area contributed by atoms with E-state index in [-0.39, 0.29) is 11.7 Å². The number of anilines is 1. The molecule has 2 heterocycles. The van der Waals surface area contributed by atoms with Crippen LogP contribution in [0, 0.1) is 0 Å². The highest BCUT2D eigenvalue weighted by Crippen LogP contribution is 2.35. The molecule has 0 aliphatic heterocycles. The summed E-state index contributed by atoms with van der Waals surface area (Å²) in [6, 6.07) is 21.3. The van der Waals surface area contributed by atoms with E-state index in [1.807, 2.05) is 60.7 Å². The molecule has 30 heavy (non-hydrogen) atoms. The van der Waals surface area contributed by atoms with Crippen LogP contribution in [-0.4, -0.2) is 26.6 Å². The van der Waals surface area contributed by atoms with Gasteiger partial charge in [0.15, 0.2) is 5.16 Å². The summed E-state index contributed by atoms with van der Waals surface area (Å²) >= 11 is 9.44. The van der Waals surface area contributed by atoms with Crippen molar-refractivity contribution < 1.29 is 4.79 Å². The molecule has 5 nitrogen and oxygen atoms in total. The number of H-pyrrole nitrogens is 1. The molecule has 0 aliphatic rings. The number of hydrogen-bond acceptors (Lipinski definition) is 5. The predicted octanol–water partition coefficient (Wildman–Crippen LogP) is 6.22. The van der Waals surface area contributed by atoms with Crippen molar-refractivity contribution >= 4 is 67.5 Å². The Bertz CT molecular complexity index is 1310. The minimum absolute atomic E-state index is 0.121. The number of fused-ring (bicyclic) bond motifs is 2. The third-order valence-electron chi connectivity index (χ3n) is 4.48. The van der Waals surface area contributed by atoms with Crippen LogP contribution in [0.5, 0.6) is 0 Å². The van der Waals surface area contributed by atoms with Crippen LogP contribution < -0.4 is 5.32 Å². The SMILES string of the molecule is O=C(CSc1nc2ccccc2[nH]1)Nc1ccc(-c2nc3ccccc3s2)c(Cl)c1. The lowest BCUT2D eigenvalue weighted by atomic mass is 10.2. The fraction of sp³-hybridized carbons (Fsp3) is 0.0455. The van der Waals surface area contributed by atoms with Crippen molar-refractivity contribution in [3.05, 3.63) is 71.8 Å². The summed E-state index contributed by atoms with van der Waals surface area (Å²) in [5.41, 5.74) is 4.30. The Hall–Kier alpha value is -2.87. The lowest BCUT2D eigenvalue weighted by Gasteiger charge is -2.07. The van der Waals surface area contributed by atoms with Crippen LogP contribution >= 0.6 is 34.7 Å². The van der Waals surface area contributed by atoms with Gasteiger partial charge in [0.05, 0.1) is 32.0 Å². The van der Waals surface area contributed by atoms with Gasteiger partial charge in [-0.15, -0.1) is 11.3 Å². The van der Waals surface area contributed by atoms with E-state index >= 15 is 0 Å². The van der Waals surface area contributed by atoms with E-state index in [1.165, 1.54) is 11.8 Å². The molecular weight excluding hydrogens is 436 g/mol. The van der Waals surface area contributed by atoms with Crippen LogP contribution in [0.2, 0.25) is 5.02 Å². The number of hydrogen-bond donors (Lipinski definition) is 2. The molecule has 0 saturated carbocycles. The zero-order valence-corrected chi connectivity index (χ0v) is 17.9. The number of halogens is 1. The van der Waals surface area contributed by atoms with Gasteiger partial charge in [0.2, 0.25) is 5.91 Å². The first-order chi connectivity index (χ1) is 14.7. The lowest BCUT2D eigenvalue weighted by Crippen LogP contribution is -2.14. The Morgan fingerprint density at radius 1 is 1.03 bits per heavy atom. The molecule has 0 unspecified atom stereocenters. The Labute approximate surface area is 185 Å². The number of para-hydroxylation sites is 3. The van der Waals surface area contributed by atoms with Gasteiger partial charge in [-0.3, -0.25) is 4.79 Å². The molecule has 3 aromatic carbocycles. The molecule has 5 rings (SSSR count). The van der Waals surface area contributed by atoms with Gasteiger partial charge in [0.1, 0.15) is 5.01 Å². The molecule has 0 bridgehead atoms. The number of nitrogens with zero attached hydrogens (tertiary/aromatic N) is 2. The molecule has 2 aromatic heterocycles. The van der Waals surface area contributed by atoms with Crippen LogP contribution in [0.15, 0.2) is 71.9 Å². The quantitative estimate of drug-likeness (QED) is 0.311. The number of benzene rings is 3. The minimum Gasteiger partial charge on any atom is -0.333 e. The second kappa shape index (κ2) is 8.10. The molecule has 5 aromatic rings. The average molecular weight is 451 g/mol. The number of aromatic amines is 1. The van der Waals surface area contributed by atoms with Crippen LogP contribution in [-0.2, 0) is 4.79 Å². The van der Waals surface area contributed by atoms with E-state index in [0.29, 0.717) is 10.7 Å². The highest BCUT2D eigenvalue weighted by atomic mass is 35.5. The Morgan fingerprint density at radius 3 is 2.63 bits per heavy atom. The number of aromatic nitrogens is 3. The Kier molecular flexibility index (Phi) is 5.16. The molecular formula is C22H15ClN4OS2. The van der Waals surface area contributed by atoms with Crippen LogP contribution in [0.25, 0.3) is 31.8 Å². The fourth-order valence-corrected chi connectivity index (χ4v) is 5.10. The maximum atomic E-state index is 12.4. The van der Waals surface area contributed by atoms with Crippen molar-refractivity contribution in [3.63, 3.8) is 0 Å². The van der Waals surface area contributed by atoms with Gasteiger partial charge >= 0.3 is 0 Å². The van der Waals surface area contributed by atoms with Crippen molar-refractivity contribution in [2.24, 2.45) is 0 Å². The molecule has 0 saturated heterocycles. The molecule has 148 valence electrons. The average Bonchev–Trinajstić information content (AvgIpc) is 3.36. The second-order valence-electron chi connectivity index (χ2n) is 6.58. The topological polar surface area (TPSA) is 70.7 Å². The summed E-state index contributed by atoms with van der Waals surface area (Å²) in [6.07, 6.45) is 0. The van der Waals surface area contributed by atoms with Gasteiger partial charge in [0.25, 0.3) is 0 Å². The van der Waals surface area contributed by atoms with Crippen LogP contribution in [0.1, 0.15) is 0 Å². The van der Waals surface area contributed by atoms with Crippen LogP contribution in [0.4, 0.5) is 5.69 Å². The van der Waals surface area contributed by atoms with Crippen molar-refractivity contribution in [1.82, 2.24) is 15.0 Å². The molecule has 0 aliphatic carbocycles. The fourth-order valence-electron chi connectivity index (χ4n) is 3.08. The first kappa shape index (κ1) is 19.1. The smallest absolute Gasteiger partial charge is 0.234 e. The molecule has 0 atom stereocenters. The zero-order chi connectivity index (χ0) is 20.5. The first-order valence-corrected chi connectivity index (χ1v) is 11.4. The zero-order valence-electron chi connectivity index (χ0n) is 15.6. The van der Waals surface area contributed by atoms with E-state index in [0.717, 1.165) is 37.0 Å². The van der Waals surface area contributed by atoms with Gasteiger partial charge in [-0.05, 0) is 42.5 Å². The lowest BCUT2D eigenvalue weighted by molar-refractivity contribution is -0.113. The van der Waals surface area contributed by atoms with Crippen molar-refractivity contribution in [3.8, 4) is 10.6 Å². The molecule has 2 N–H and O–H groups in total. The number of imidazole rings is 1. The van der Waals surface area contributed by atoms with Crippen molar-refractivity contribution in [2.75, 3.05) is 11.1 Å². The van der Waals surface area contributed by atoms with Gasteiger partial charge in [0, 0.05) is 11.3 Å². The number of thioether (sulfide) groups is 1. The normalized spacial score (nSPS) is 11.2. The van der Waals surface area contributed by atoms with Gasteiger partial charge in [-0.1, -0.05) is 47.6 Å². The highest BCUT2D eigenvalue weighted by Gasteiger charge is 2.12. The third kappa shape index (κ3) is 3.92. The Balaban J connectivity index is 1.26. The van der Waals surface area contributed by atoms with Crippen LogP contribution in [0.3, 0.4) is 0 Å². The Morgan fingerprint density at radius 2 is 1.83 bits per heavy atom. The molecule has 8 heteroatoms. The summed E-state index contributed by atoms with van der Waals surface area (Å²) in [6.45, 7) is 0. The summed E-state index contributed by atoms with van der Waals surface area (Å²) in [7, 11) is 0. The third-order valence-corrected chi connectivity index (χ3v) is 6.74. The number of carbonyl (C=O) groups is 1. The summed E-state index contributed by atoms with van der Waals surface area (Å²) in [5.74, 6) is 0.126. The van der Waals surface area contributed by atoms with Gasteiger partial charge < -0.3 is 10.3 Å². The molecule has 0 spiro atoms. The van der Waals surface area contributed by atoms with Gasteiger partial charge in [-0.25, -0.2) is 9.97 Å². The van der Waals surface area contributed by atoms with Crippen molar-refractivity contribution in [2.45, 2.75) is 5.16 Å². The van der Waals surface area contributed by atoms with E-state index in [4.69, 9.17) is 11.6 Å². The van der Waals surface area contributed by atoms with E-state index in [1.54, 1.807) is 17.4 Å². The number of carbonyl (C=O) groups excluding carboxylic acids is 1. The van der Waals surface area contributed by atoms with E-state index < -0.39 is 0 Å². The number of thiazole rings is 1. The number of amides is 1. The maximum Gasteiger partial charge on any atom is 0.234 e. The number of nitrogens with one attached hydrogen (secondary N) is 2. The minimum atomic E-state index is -0.121. The summed E-state index contributed by atoms with van der Waals surface area (Å²) in [4.78, 5) is 24.7. The van der Waals surface area contributed by atoms with E-state index in [9.17, 15) is 4.79 Å². The molecule has 0 fully saturated rings. The largest absolute Gasteiger partial charge is 0.333 e. The second-order valence-corrected chi connectivity index (χ2v) is 8.98. The summed E-state index contributed by atoms with van der Waals surface area (Å²) < 4.78 is 1.11. The molecule has 1 amide bonds. The van der Waals surface area contributed by atoms with E-state index in [2.05, 4.69) is 20.3 Å². The standard InChI is InChI=1S/C22H15ClN4OS2/c23-15-11-13(9-10-14(15)21-25-18-7-3-4-8-19(18)30-21)24-20(28)12-29-22-26-16-5-1-2-6-17(16)27-22/h1-11H,12H2,(H,24,28)(H,26,27). The molecule has 0 radical (unpaired) electrons. The number of rotatable bonds is 5. The van der Waals surface area contributed by atoms with Crippen molar-refractivity contribution in [1.29, 1.82) is 0 Å².